The zero-order valence-corrected chi connectivity index (χ0v) is 14.9. The molecule has 4 rings (SSSR count). The van der Waals surface area contributed by atoms with Crippen molar-refractivity contribution < 1.29 is 5.11 Å². The van der Waals surface area contributed by atoms with Gasteiger partial charge in [0.15, 0.2) is 5.82 Å². The Bertz CT molecular complexity index is 879. The number of aliphatic hydroxyl groups is 1. The van der Waals surface area contributed by atoms with Crippen molar-refractivity contribution in [1.82, 2.24) is 25.1 Å². The van der Waals surface area contributed by atoms with Gasteiger partial charge in [-0.25, -0.2) is 0 Å². The first-order valence-corrected chi connectivity index (χ1v) is 8.92. The predicted molar refractivity (Wildman–Crippen MR) is 98.0 cm³/mol. The molecule has 6 heteroatoms. The summed E-state index contributed by atoms with van der Waals surface area (Å²) in [6, 6.07) is 18.5. The van der Waals surface area contributed by atoms with E-state index in [9.17, 15) is 5.11 Å². The lowest BCUT2D eigenvalue weighted by molar-refractivity contribution is -0.00496. The van der Waals surface area contributed by atoms with Gasteiger partial charge < -0.3 is 5.11 Å². The lowest BCUT2D eigenvalue weighted by atomic mass is 9.95. The van der Waals surface area contributed by atoms with E-state index in [1.54, 1.807) is 7.05 Å². The maximum Gasteiger partial charge on any atom is 0.188 e. The second-order valence-corrected chi connectivity index (χ2v) is 7.01. The molecule has 0 spiro atoms. The van der Waals surface area contributed by atoms with E-state index in [-0.39, 0.29) is 0 Å². The van der Waals surface area contributed by atoms with Crippen molar-refractivity contribution >= 4 is 0 Å². The third kappa shape index (κ3) is 3.52. The summed E-state index contributed by atoms with van der Waals surface area (Å²) in [5, 5.41) is 23.7. The van der Waals surface area contributed by atoms with Gasteiger partial charge in [0.1, 0.15) is 5.60 Å². The van der Waals surface area contributed by atoms with E-state index >= 15 is 0 Å². The molecule has 1 N–H and O–H groups in total. The molecule has 3 aromatic rings. The fourth-order valence-corrected chi connectivity index (χ4v) is 3.80. The molecule has 6 nitrogen and oxygen atoms in total. The highest BCUT2D eigenvalue weighted by Crippen LogP contribution is 2.37. The van der Waals surface area contributed by atoms with Crippen LogP contribution in [-0.4, -0.2) is 36.8 Å². The van der Waals surface area contributed by atoms with Gasteiger partial charge in [-0.05, 0) is 34.7 Å². The normalized spacial score (nSPS) is 19.0. The molecule has 1 aromatic heterocycles. The minimum Gasteiger partial charge on any atom is -0.384 e. The first kappa shape index (κ1) is 16.9. The Morgan fingerprint density at radius 2 is 1.85 bits per heavy atom. The third-order valence-electron chi connectivity index (χ3n) is 4.98. The van der Waals surface area contributed by atoms with Crippen LogP contribution in [0.3, 0.4) is 0 Å². The van der Waals surface area contributed by atoms with Crippen LogP contribution < -0.4 is 0 Å². The maximum atomic E-state index is 11.4. The topological polar surface area (TPSA) is 67.1 Å². The van der Waals surface area contributed by atoms with Gasteiger partial charge in [-0.2, -0.15) is 4.80 Å². The van der Waals surface area contributed by atoms with Crippen LogP contribution >= 0.6 is 0 Å². The van der Waals surface area contributed by atoms with Crippen molar-refractivity contribution in [3.05, 3.63) is 77.1 Å². The van der Waals surface area contributed by atoms with Crippen LogP contribution in [0.4, 0.5) is 0 Å². The molecule has 1 atom stereocenters. The molecule has 1 heterocycles. The van der Waals surface area contributed by atoms with Crippen molar-refractivity contribution in [3.8, 4) is 0 Å². The molecular weight excluding hydrogens is 326 g/mol. The Morgan fingerprint density at radius 1 is 1.08 bits per heavy atom. The summed E-state index contributed by atoms with van der Waals surface area (Å²) in [5.74, 6) is 0.665. The molecule has 1 aliphatic rings. The summed E-state index contributed by atoms with van der Waals surface area (Å²) >= 11 is 0. The molecule has 0 saturated heterocycles. The van der Waals surface area contributed by atoms with Gasteiger partial charge in [0.2, 0.25) is 0 Å². The Morgan fingerprint density at radius 3 is 2.62 bits per heavy atom. The highest BCUT2D eigenvalue weighted by Gasteiger charge is 2.38. The zero-order valence-electron chi connectivity index (χ0n) is 14.9. The largest absolute Gasteiger partial charge is 0.384 e. The highest BCUT2D eigenvalue weighted by atomic mass is 16.3. The van der Waals surface area contributed by atoms with Gasteiger partial charge in [-0.15, -0.1) is 10.2 Å². The first-order chi connectivity index (χ1) is 12.6. The monoisotopic (exact) mass is 349 g/mol. The SMILES string of the molecule is Cn1nnc(CN(Cc2ccccc2)C[C@]2(O)CCc3ccccc32)n1. The predicted octanol–water partition coefficient (Wildman–Crippen LogP) is 2.05. The molecule has 0 unspecified atom stereocenters. The Hall–Kier alpha value is -2.57. The van der Waals surface area contributed by atoms with E-state index in [1.165, 1.54) is 15.9 Å². The number of aryl methyl sites for hydroxylation is 2. The fraction of sp³-hybridized carbons (Fsp3) is 0.350. The molecule has 0 bridgehead atoms. The zero-order chi connectivity index (χ0) is 18.0. The number of hydrogen-bond donors (Lipinski definition) is 1. The summed E-state index contributed by atoms with van der Waals surface area (Å²) in [7, 11) is 1.76. The van der Waals surface area contributed by atoms with E-state index in [0.717, 1.165) is 24.9 Å². The lowest BCUT2D eigenvalue weighted by Crippen LogP contribution is -2.39. The summed E-state index contributed by atoms with van der Waals surface area (Å²) < 4.78 is 0. The van der Waals surface area contributed by atoms with Gasteiger partial charge in [0.25, 0.3) is 0 Å². The fourth-order valence-electron chi connectivity index (χ4n) is 3.80. The van der Waals surface area contributed by atoms with Crippen molar-refractivity contribution in [1.29, 1.82) is 0 Å². The van der Waals surface area contributed by atoms with E-state index in [4.69, 9.17) is 0 Å². The number of rotatable bonds is 6. The van der Waals surface area contributed by atoms with Gasteiger partial charge in [-0.1, -0.05) is 54.6 Å². The molecule has 0 radical (unpaired) electrons. The number of nitrogens with zero attached hydrogens (tertiary/aromatic N) is 5. The van der Waals surface area contributed by atoms with Gasteiger partial charge in [-0.3, -0.25) is 4.90 Å². The molecule has 2 aromatic carbocycles. The van der Waals surface area contributed by atoms with Crippen LogP contribution in [0.1, 0.15) is 28.9 Å². The smallest absolute Gasteiger partial charge is 0.188 e. The molecular formula is C20H23N5O. The van der Waals surface area contributed by atoms with Crippen molar-refractivity contribution in [2.45, 2.75) is 31.5 Å². The van der Waals surface area contributed by atoms with Crippen LogP contribution in [0.2, 0.25) is 0 Å². The number of benzene rings is 2. The second-order valence-electron chi connectivity index (χ2n) is 7.01. The lowest BCUT2D eigenvalue weighted by Gasteiger charge is -2.31. The van der Waals surface area contributed by atoms with E-state index in [0.29, 0.717) is 18.9 Å². The Labute approximate surface area is 153 Å². The van der Waals surface area contributed by atoms with Crippen LogP contribution in [0.25, 0.3) is 0 Å². The third-order valence-corrected chi connectivity index (χ3v) is 4.98. The van der Waals surface area contributed by atoms with E-state index in [2.05, 4.69) is 38.5 Å². The van der Waals surface area contributed by atoms with Crippen LogP contribution in [0.15, 0.2) is 54.6 Å². The van der Waals surface area contributed by atoms with Gasteiger partial charge in [0.05, 0.1) is 13.6 Å². The number of fused-ring (bicyclic) bond motifs is 1. The molecule has 0 fully saturated rings. The van der Waals surface area contributed by atoms with Crippen molar-refractivity contribution in [2.24, 2.45) is 7.05 Å². The Kier molecular flexibility index (Phi) is 4.53. The molecule has 26 heavy (non-hydrogen) atoms. The van der Waals surface area contributed by atoms with Gasteiger partial charge >= 0.3 is 0 Å². The van der Waals surface area contributed by atoms with Crippen molar-refractivity contribution in [2.75, 3.05) is 6.54 Å². The average Bonchev–Trinajstić information content (AvgIpc) is 3.20. The molecule has 0 amide bonds. The average molecular weight is 349 g/mol. The quantitative estimate of drug-likeness (QED) is 0.738. The van der Waals surface area contributed by atoms with Crippen LogP contribution in [-0.2, 0) is 32.2 Å². The molecule has 1 aliphatic carbocycles. The highest BCUT2D eigenvalue weighted by molar-refractivity contribution is 5.37. The number of hydrogen-bond acceptors (Lipinski definition) is 5. The minimum atomic E-state index is -0.840. The molecule has 134 valence electrons. The van der Waals surface area contributed by atoms with Crippen LogP contribution in [0, 0.1) is 0 Å². The number of aromatic nitrogens is 4. The van der Waals surface area contributed by atoms with Gasteiger partial charge in [0, 0.05) is 13.1 Å². The number of tetrazole rings is 1. The maximum absolute atomic E-state index is 11.4. The first-order valence-electron chi connectivity index (χ1n) is 8.92. The summed E-state index contributed by atoms with van der Waals surface area (Å²) in [5.41, 5.74) is 2.65. The molecule has 0 saturated carbocycles. The summed E-state index contributed by atoms with van der Waals surface area (Å²) in [4.78, 5) is 3.67. The summed E-state index contributed by atoms with van der Waals surface area (Å²) in [6.07, 6.45) is 1.65. The second kappa shape index (κ2) is 6.97. The molecule has 0 aliphatic heterocycles. The van der Waals surface area contributed by atoms with E-state index < -0.39 is 5.60 Å². The van der Waals surface area contributed by atoms with Crippen LogP contribution in [0.5, 0.6) is 0 Å². The van der Waals surface area contributed by atoms with E-state index in [1.807, 2.05) is 36.4 Å². The Balaban J connectivity index is 1.58. The van der Waals surface area contributed by atoms with Crippen molar-refractivity contribution in [3.63, 3.8) is 0 Å². The standard InChI is InChI=1S/C20H23N5O/c1-24-22-19(21-23-24)14-25(13-16-7-3-2-4-8-16)15-20(26)12-11-17-9-5-6-10-18(17)20/h2-10,26H,11-15H2,1H3/t20-/m1/s1. The summed E-state index contributed by atoms with van der Waals surface area (Å²) in [6.45, 7) is 1.81. The minimum absolute atomic E-state index is 0.539.